The molecule has 0 unspecified atom stereocenters. The normalized spacial score (nSPS) is 10.9. The van der Waals surface area contributed by atoms with Gasteiger partial charge in [0.15, 0.2) is 0 Å². The molecule has 3 rings (SSSR count). The molecule has 1 heterocycles. The molecule has 0 saturated carbocycles. The Bertz CT molecular complexity index is 834. The zero-order valence-corrected chi connectivity index (χ0v) is 15.3. The Morgan fingerprint density at radius 2 is 1.80 bits per heavy atom. The predicted molar refractivity (Wildman–Crippen MR) is 102 cm³/mol. The van der Waals surface area contributed by atoms with Gasteiger partial charge in [-0.2, -0.15) is 0 Å². The largest absolute Gasteiger partial charge is 0.494 e. The number of aromatic nitrogens is 1. The minimum absolute atomic E-state index is 0.501. The Kier molecular flexibility index (Phi) is 5.13. The van der Waals surface area contributed by atoms with E-state index in [0.717, 1.165) is 28.3 Å². The Balaban J connectivity index is 1.87. The van der Waals surface area contributed by atoms with E-state index in [-0.39, 0.29) is 0 Å². The van der Waals surface area contributed by atoms with Gasteiger partial charge < -0.3 is 14.0 Å². The average molecular weight is 335 g/mol. The zero-order chi connectivity index (χ0) is 17.8. The van der Waals surface area contributed by atoms with Gasteiger partial charge in [0.1, 0.15) is 18.1 Å². The summed E-state index contributed by atoms with van der Waals surface area (Å²) in [7, 11) is 1.70. The molecule has 0 aliphatic heterocycles. The van der Waals surface area contributed by atoms with Gasteiger partial charge in [-0.25, -0.2) is 0 Å². The van der Waals surface area contributed by atoms with Crippen LogP contribution in [0.3, 0.4) is 0 Å². The van der Waals surface area contributed by atoms with Crippen LogP contribution in [0.15, 0.2) is 60.9 Å². The van der Waals surface area contributed by atoms with E-state index in [4.69, 9.17) is 9.47 Å². The fourth-order valence-corrected chi connectivity index (χ4v) is 2.92. The van der Waals surface area contributed by atoms with Gasteiger partial charge >= 0.3 is 0 Å². The summed E-state index contributed by atoms with van der Waals surface area (Å²) in [5.74, 6) is 2.13. The molecule has 0 fully saturated rings. The number of benzene rings is 2. The lowest BCUT2D eigenvalue weighted by atomic mass is 10.1. The molecule has 0 saturated heterocycles. The van der Waals surface area contributed by atoms with E-state index in [1.165, 1.54) is 5.56 Å². The van der Waals surface area contributed by atoms with Crippen molar-refractivity contribution in [1.82, 2.24) is 4.57 Å². The van der Waals surface area contributed by atoms with Gasteiger partial charge in [0.25, 0.3) is 0 Å². The molecule has 0 N–H and O–H groups in total. The number of rotatable bonds is 6. The van der Waals surface area contributed by atoms with Crippen LogP contribution < -0.4 is 9.47 Å². The van der Waals surface area contributed by atoms with Crippen LogP contribution in [0.25, 0.3) is 5.69 Å². The number of aryl methyl sites for hydroxylation is 1. The molecule has 0 aliphatic rings. The van der Waals surface area contributed by atoms with Crippen LogP contribution in [0.2, 0.25) is 0 Å². The topological polar surface area (TPSA) is 23.4 Å². The van der Waals surface area contributed by atoms with Crippen molar-refractivity contribution in [2.24, 2.45) is 0 Å². The lowest BCUT2D eigenvalue weighted by molar-refractivity contribution is 0.303. The maximum absolute atomic E-state index is 5.96. The summed E-state index contributed by atoms with van der Waals surface area (Å²) in [5, 5.41) is 0. The highest BCUT2D eigenvalue weighted by molar-refractivity contribution is 5.57. The first-order chi connectivity index (χ1) is 12.1. The Labute approximate surface area is 149 Å². The molecule has 3 nitrogen and oxygen atoms in total. The van der Waals surface area contributed by atoms with Crippen molar-refractivity contribution < 1.29 is 9.47 Å². The van der Waals surface area contributed by atoms with Crippen LogP contribution in [-0.2, 0) is 6.61 Å². The lowest BCUT2D eigenvalue weighted by Crippen LogP contribution is -2.01. The third-order valence-corrected chi connectivity index (χ3v) is 4.35. The molecule has 0 radical (unpaired) electrons. The third-order valence-electron chi connectivity index (χ3n) is 4.35. The van der Waals surface area contributed by atoms with Crippen LogP contribution in [0.1, 0.15) is 36.5 Å². The van der Waals surface area contributed by atoms with Gasteiger partial charge in [0.05, 0.1) is 12.8 Å². The van der Waals surface area contributed by atoms with Gasteiger partial charge in [-0.15, -0.1) is 0 Å². The highest BCUT2D eigenvalue weighted by atomic mass is 16.5. The second-order valence-electron chi connectivity index (χ2n) is 6.57. The summed E-state index contributed by atoms with van der Waals surface area (Å²) >= 11 is 0. The molecule has 0 spiro atoms. The molecular weight excluding hydrogens is 310 g/mol. The molecule has 0 bridgehead atoms. The maximum atomic E-state index is 5.96. The molecule has 0 atom stereocenters. The first-order valence-corrected chi connectivity index (χ1v) is 8.62. The third kappa shape index (κ3) is 3.87. The van der Waals surface area contributed by atoms with E-state index < -0.39 is 0 Å². The second-order valence-corrected chi connectivity index (χ2v) is 6.57. The number of nitrogens with zero attached hydrogens (tertiary/aromatic N) is 1. The van der Waals surface area contributed by atoms with E-state index in [2.05, 4.69) is 62.0 Å². The van der Waals surface area contributed by atoms with Crippen LogP contribution in [0, 0.1) is 6.92 Å². The fourth-order valence-electron chi connectivity index (χ4n) is 2.92. The molecule has 0 amide bonds. The van der Waals surface area contributed by atoms with Crippen LogP contribution in [-0.4, -0.2) is 11.7 Å². The van der Waals surface area contributed by atoms with Crippen molar-refractivity contribution in [2.75, 3.05) is 7.11 Å². The maximum Gasteiger partial charge on any atom is 0.146 e. The molecular formula is C22H25NO2. The van der Waals surface area contributed by atoms with Gasteiger partial charge in [-0.3, -0.25) is 0 Å². The van der Waals surface area contributed by atoms with E-state index in [1.54, 1.807) is 7.11 Å². The molecule has 3 heteroatoms. The van der Waals surface area contributed by atoms with Crippen molar-refractivity contribution in [2.45, 2.75) is 33.3 Å². The monoisotopic (exact) mass is 335 g/mol. The standard InChI is InChI=1S/C22H25NO2/c1-16(2)19-10-11-23(14-19)22-17(3)12-20(13-21(22)24-4)25-15-18-8-6-5-7-9-18/h5-14,16H,15H2,1-4H3. The minimum atomic E-state index is 0.501. The van der Waals surface area contributed by atoms with Crippen LogP contribution >= 0.6 is 0 Å². The number of hydrogen-bond acceptors (Lipinski definition) is 2. The quantitative estimate of drug-likeness (QED) is 0.594. The van der Waals surface area contributed by atoms with Crippen molar-refractivity contribution in [3.05, 3.63) is 77.6 Å². The SMILES string of the molecule is COc1cc(OCc2ccccc2)cc(C)c1-n1ccc(C(C)C)c1. The number of hydrogen-bond donors (Lipinski definition) is 0. The van der Waals surface area contributed by atoms with Gasteiger partial charge in [-0.05, 0) is 41.7 Å². The second kappa shape index (κ2) is 7.47. The van der Waals surface area contributed by atoms with E-state index in [1.807, 2.05) is 24.3 Å². The van der Waals surface area contributed by atoms with Crippen LogP contribution in [0.5, 0.6) is 11.5 Å². The van der Waals surface area contributed by atoms with Gasteiger partial charge in [-0.1, -0.05) is 44.2 Å². The van der Waals surface area contributed by atoms with Gasteiger partial charge in [0.2, 0.25) is 0 Å². The lowest BCUT2D eigenvalue weighted by Gasteiger charge is -2.16. The Morgan fingerprint density at radius 1 is 1.04 bits per heavy atom. The highest BCUT2D eigenvalue weighted by Crippen LogP contribution is 2.33. The summed E-state index contributed by atoms with van der Waals surface area (Å²) in [4.78, 5) is 0. The van der Waals surface area contributed by atoms with Crippen molar-refractivity contribution in [3.63, 3.8) is 0 Å². The minimum Gasteiger partial charge on any atom is -0.494 e. The first-order valence-electron chi connectivity index (χ1n) is 8.62. The molecule has 1 aromatic heterocycles. The molecule has 0 aliphatic carbocycles. The first kappa shape index (κ1) is 17.2. The number of methoxy groups -OCH3 is 1. The van der Waals surface area contributed by atoms with E-state index in [0.29, 0.717) is 12.5 Å². The Hall–Kier alpha value is -2.68. The molecule has 2 aromatic carbocycles. The van der Waals surface area contributed by atoms with Crippen molar-refractivity contribution >= 4 is 0 Å². The van der Waals surface area contributed by atoms with Crippen molar-refractivity contribution in [1.29, 1.82) is 0 Å². The Morgan fingerprint density at radius 3 is 2.44 bits per heavy atom. The summed E-state index contributed by atoms with van der Waals surface area (Å²) < 4.78 is 13.7. The molecule has 130 valence electrons. The van der Waals surface area contributed by atoms with E-state index in [9.17, 15) is 0 Å². The summed E-state index contributed by atoms with van der Waals surface area (Å²) in [6, 6.07) is 16.4. The summed E-state index contributed by atoms with van der Waals surface area (Å²) in [6.07, 6.45) is 4.25. The number of ether oxygens (including phenoxy) is 2. The predicted octanol–water partition coefficient (Wildman–Crippen LogP) is 5.50. The fraction of sp³-hybridized carbons (Fsp3) is 0.273. The van der Waals surface area contributed by atoms with Gasteiger partial charge in [0, 0.05) is 18.5 Å². The van der Waals surface area contributed by atoms with Crippen LogP contribution in [0.4, 0.5) is 0 Å². The average Bonchev–Trinajstić information content (AvgIpc) is 3.10. The van der Waals surface area contributed by atoms with Crippen molar-refractivity contribution in [3.8, 4) is 17.2 Å². The summed E-state index contributed by atoms with van der Waals surface area (Å²) in [5.41, 5.74) is 4.64. The smallest absolute Gasteiger partial charge is 0.146 e. The zero-order valence-electron chi connectivity index (χ0n) is 15.3. The van der Waals surface area contributed by atoms with E-state index >= 15 is 0 Å². The molecule has 25 heavy (non-hydrogen) atoms. The highest BCUT2D eigenvalue weighted by Gasteiger charge is 2.13. The summed E-state index contributed by atoms with van der Waals surface area (Å²) in [6.45, 7) is 7.03. The molecule has 3 aromatic rings.